The van der Waals surface area contributed by atoms with Crippen molar-refractivity contribution in [2.24, 2.45) is 0 Å². The lowest BCUT2D eigenvalue weighted by Gasteiger charge is -2.00. The molecule has 0 radical (unpaired) electrons. The molecule has 0 aliphatic heterocycles. The molecule has 1 aromatic heterocycles. The average molecular weight is 271 g/mol. The van der Waals surface area contributed by atoms with Gasteiger partial charge in [0.15, 0.2) is 0 Å². The Bertz CT molecular complexity index is 713. The van der Waals surface area contributed by atoms with E-state index in [1.165, 1.54) is 11.1 Å². The second-order valence-corrected chi connectivity index (χ2v) is 5.49. The predicted octanol–water partition coefficient (Wildman–Crippen LogP) is 4.81. The van der Waals surface area contributed by atoms with Crippen LogP contribution in [0.25, 0.3) is 22.4 Å². The number of nitrogens with one attached hydrogen (secondary N) is 1. The van der Waals surface area contributed by atoms with Gasteiger partial charge < -0.3 is 4.98 Å². The molecule has 1 N–H and O–H groups in total. The lowest BCUT2D eigenvalue weighted by Crippen LogP contribution is -1.82. The van der Waals surface area contributed by atoms with Crippen molar-refractivity contribution in [1.29, 1.82) is 0 Å². The fourth-order valence-corrected chi connectivity index (χ4v) is 2.57. The Hall–Kier alpha value is -1.80. The maximum atomic E-state index is 6.11. The van der Waals surface area contributed by atoms with Crippen molar-refractivity contribution in [1.82, 2.24) is 9.97 Å². The van der Waals surface area contributed by atoms with Crippen LogP contribution in [0.15, 0.2) is 30.3 Å². The van der Waals surface area contributed by atoms with E-state index in [4.69, 9.17) is 11.6 Å². The number of imidazole rings is 1. The lowest BCUT2D eigenvalue weighted by atomic mass is 10.1. The Morgan fingerprint density at radius 2 is 1.68 bits per heavy atom. The standard InChI is InChI=1S/C16H15ClN2/c1-9-4-12(8-13(17)5-9)16-18-14-6-10(2)11(3)7-15(14)19-16/h4-8H,1-3H3,(H,18,19). The molecule has 0 bridgehead atoms. The topological polar surface area (TPSA) is 28.7 Å². The first-order valence-corrected chi connectivity index (χ1v) is 6.65. The van der Waals surface area contributed by atoms with Gasteiger partial charge in [0.1, 0.15) is 5.82 Å². The summed E-state index contributed by atoms with van der Waals surface area (Å²) < 4.78 is 0. The van der Waals surface area contributed by atoms with Crippen LogP contribution in [-0.4, -0.2) is 9.97 Å². The zero-order chi connectivity index (χ0) is 13.6. The highest BCUT2D eigenvalue weighted by Gasteiger charge is 2.08. The molecule has 3 rings (SSSR count). The van der Waals surface area contributed by atoms with Crippen LogP contribution in [0.3, 0.4) is 0 Å². The van der Waals surface area contributed by atoms with Gasteiger partial charge in [0.05, 0.1) is 11.0 Å². The molecule has 0 amide bonds. The van der Waals surface area contributed by atoms with Gasteiger partial charge in [-0.25, -0.2) is 4.98 Å². The Kier molecular flexibility index (Phi) is 2.83. The summed E-state index contributed by atoms with van der Waals surface area (Å²) in [7, 11) is 0. The molecule has 3 aromatic rings. The fourth-order valence-electron chi connectivity index (χ4n) is 2.28. The Morgan fingerprint density at radius 3 is 2.42 bits per heavy atom. The van der Waals surface area contributed by atoms with Crippen LogP contribution in [0, 0.1) is 20.8 Å². The molecule has 0 saturated heterocycles. The summed E-state index contributed by atoms with van der Waals surface area (Å²) in [6, 6.07) is 10.2. The largest absolute Gasteiger partial charge is 0.338 e. The highest BCUT2D eigenvalue weighted by atomic mass is 35.5. The molecule has 19 heavy (non-hydrogen) atoms. The Balaban J connectivity index is 2.20. The molecular formula is C16H15ClN2. The number of halogens is 1. The van der Waals surface area contributed by atoms with E-state index in [9.17, 15) is 0 Å². The normalized spacial score (nSPS) is 11.2. The highest BCUT2D eigenvalue weighted by Crippen LogP contribution is 2.26. The molecule has 0 aliphatic carbocycles. The third-order valence-electron chi connectivity index (χ3n) is 3.41. The van der Waals surface area contributed by atoms with Gasteiger partial charge in [-0.15, -0.1) is 0 Å². The molecule has 0 spiro atoms. The molecule has 3 heteroatoms. The molecule has 0 aliphatic rings. The van der Waals surface area contributed by atoms with Crippen LogP contribution in [0.5, 0.6) is 0 Å². The maximum Gasteiger partial charge on any atom is 0.138 e. The van der Waals surface area contributed by atoms with E-state index in [0.29, 0.717) is 0 Å². The summed E-state index contributed by atoms with van der Waals surface area (Å²) >= 11 is 6.11. The molecular weight excluding hydrogens is 256 g/mol. The zero-order valence-corrected chi connectivity index (χ0v) is 12.0. The highest BCUT2D eigenvalue weighted by molar-refractivity contribution is 6.30. The smallest absolute Gasteiger partial charge is 0.138 e. The number of hydrogen-bond donors (Lipinski definition) is 1. The van der Waals surface area contributed by atoms with Gasteiger partial charge in [-0.3, -0.25) is 0 Å². The number of aryl methyl sites for hydroxylation is 3. The second kappa shape index (κ2) is 4.39. The first-order valence-electron chi connectivity index (χ1n) is 6.27. The molecule has 0 saturated carbocycles. The second-order valence-electron chi connectivity index (χ2n) is 5.06. The third-order valence-corrected chi connectivity index (χ3v) is 3.63. The van der Waals surface area contributed by atoms with Crippen LogP contribution in [0.1, 0.15) is 16.7 Å². The number of nitrogens with zero attached hydrogens (tertiary/aromatic N) is 1. The number of fused-ring (bicyclic) bond motifs is 1. The van der Waals surface area contributed by atoms with Crippen LogP contribution in [0.4, 0.5) is 0 Å². The first-order chi connectivity index (χ1) is 9.02. The Labute approximate surface area is 117 Å². The van der Waals surface area contributed by atoms with Crippen LogP contribution in [-0.2, 0) is 0 Å². The van der Waals surface area contributed by atoms with Crippen LogP contribution < -0.4 is 0 Å². The van der Waals surface area contributed by atoms with Crippen molar-refractivity contribution in [2.75, 3.05) is 0 Å². The summed E-state index contributed by atoms with van der Waals surface area (Å²) in [5.41, 5.74) is 6.75. The number of rotatable bonds is 1. The first kappa shape index (κ1) is 12.2. The van der Waals surface area contributed by atoms with E-state index in [2.05, 4.69) is 42.0 Å². The van der Waals surface area contributed by atoms with Gasteiger partial charge in [0.25, 0.3) is 0 Å². The predicted molar refractivity (Wildman–Crippen MR) is 80.8 cm³/mol. The van der Waals surface area contributed by atoms with Gasteiger partial charge in [-0.05, 0) is 67.8 Å². The van der Waals surface area contributed by atoms with Gasteiger partial charge in [-0.1, -0.05) is 11.6 Å². The summed E-state index contributed by atoms with van der Waals surface area (Å²) in [5.74, 6) is 0.866. The average Bonchev–Trinajstić information content (AvgIpc) is 2.71. The minimum Gasteiger partial charge on any atom is -0.338 e. The monoisotopic (exact) mass is 270 g/mol. The number of H-pyrrole nitrogens is 1. The third kappa shape index (κ3) is 2.24. The van der Waals surface area contributed by atoms with E-state index >= 15 is 0 Å². The zero-order valence-electron chi connectivity index (χ0n) is 11.2. The van der Waals surface area contributed by atoms with Gasteiger partial charge in [-0.2, -0.15) is 0 Å². The van der Waals surface area contributed by atoms with E-state index < -0.39 is 0 Å². The van der Waals surface area contributed by atoms with Crippen molar-refractivity contribution in [2.45, 2.75) is 20.8 Å². The Morgan fingerprint density at radius 1 is 0.947 bits per heavy atom. The molecule has 96 valence electrons. The molecule has 0 fully saturated rings. The van der Waals surface area contributed by atoms with Crippen molar-refractivity contribution in [3.63, 3.8) is 0 Å². The fraction of sp³-hybridized carbons (Fsp3) is 0.188. The van der Waals surface area contributed by atoms with E-state index in [0.717, 1.165) is 33.0 Å². The summed E-state index contributed by atoms with van der Waals surface area (Å²) in [6.45, 7) is 6.25. The quantitative estimate of drug-likeness (QED) is 0.675. The summed E-state index contributed by atoms with van der Waals surface area (Å²) in [5, 5.41) is 0.739. The van der Waals surface area contributed by atoms with Crippen molar-refractivity contribution < 1.29 is 0 Å². The SMILES string of the molecule is Cc1cc(Cl)cc(-c2nc3cc(C)c(C)cc3[nH]2)c1. The van der Waals surface area contributed by atoms with E-state index in [-0.39, 0.29) is 0 Å². The van der Waals surface area contributed by atoms with E-state index in [1.807, 2.05) is 19.1 Å². The molecule has 1 heterocycles. The number of aromatic nitrogens is 2. The van der Waals surface area contributed by atoms with Gasteiger partial charge in [0, 0.05) is 10.6 Å². The molecule has 2 nitrogen and oxygen atoms in total. The number of aromatic amines is 1. The van der Waals surface area contributed by atoms with E-state index in [1.54, 1.807) is 0 Å². The summed E-state index contributed by atoms with van der Waals surface area (Å²) in [6.07, 6.45) is 0. The maximum absolute atomic E-state index is 6.11. The van der Waals surface area contributed by atoms with Crippen molar-refractivity contribution in [3.8, 4) is 11.4 Å². The van der Waals surface area contributed by atoms with Gasteiger partial charge in [0.2, 0.25) is 0 Å². The van der Waals surface area contributed by atoms with Gasteiger partial charge >= 0.3 is 0 Å². The molecule has 2 aromatic carbocycles. The minimum atomic E-state index is 0.739. The summed E-state index contributed by atoms with van der Waals surface area (Å²) in [4.78, 5) is 8.02. The molecule has 0 atom stereocenters. The number of benzene rings is 2. The molecule has 0 unspecified atom stereocenters. The number of hydrogen-bond acceptors (Lipinski definition) is 1. The lowest BCUT2D eigenvalue weighted by molar-refractivity contribution is 1.32. The van der Waals surface area contributed by atoms with Crippen molar-refractivity contribution >= 4 is 22.6 Å². The van der Waals surface area contributed by atoms with Crippen LogP contribution in [0.2, 0.25) is 5.02 Å². The van der Waals surface area contributed by atoms with Crippen molar-refractivity contribution in [3.05, 3.63) is 52.0 Å². The van der Waals surface area contributed by atoms with Crippen LogP contribution >= 0.6 is 11.6 Å². The minimum absolute atomic E-state index is 0.739.